The second-order valence-electron chi connectivity index (χ2n) is 8.15. The molecule has 0 aromatic heterocycles. The van der Waals surface area contributed by atoms with E-state index >= 15 is 0 Å². The van der Waals surface area contributed by atoms with Crippen molar-refractivity contribution in [3.8, 4) is 11.1 Å². The normalized spacial score (nSPS) is 13.4. The fourth-order valence-corrected chi connectivity index (χ4v) is 4.42. The predicted octanol–water partition coefficient (Wildman–Crippen LogP) is 6.08. The van der Waals surface area contributed by atoms with Crippen LogP contribution >= 0.6 is 0 Å². The van der Waals surface area contributed by atoms with Gasteiger partial charge in [0.05, 0.1) is 0 Å². The summed E-state index contributed by atoms with van der Waals surface area (Å²) >= 11 is 0. The molecule has 4 aromatic rings. The summed E-state index contributed by atoms with van der Waals surface area (Å²) in [6.45, 7) is 4.66. The predicted molar refractivity (Wildman–Crippen MR) is 124 cm³/mol. The molecular weight excluding hydrogens is 349 g/mol. The molecule has 0 amide bonds. The number of hydrogen-bond acceptors (Lipinski definition) is 1. The number of benzene rings is 4. The van der Waals surface area contributed by atoms with E-state index in [2.05, 4.69) is 129 Å². The van der Waals surface area contributed by atoms with Crippen molar-refractivity contribution in [3.05, 3.63) is 114 Å². The molecule has 139 valence electrons. The highest BCUT2D eigenvalue weighted by atomic mass is 15.1. The van der Waals surface area contributed by atoms with Crippen LogP contribution in [-0.2, 0) is 5.41 Å². The van der Waals surface area contributed by atoms with E-state index in [1.165, 1.54) is 33.4 Å². The molecule has 0 N–H and O–H groups in total. The number of para-hydroxylation sites is 1. The summed E-state index contributed by atoms with van der Waals surface area (Å²) < 4.78 is 0. The van der Waals surface area contributed by atoms with Gasteiger partial charge >= 0.3 is 0 Å². The summed E-state index contributed by atoms with van der Waals surface area (Å²) in [5.74, 6) is 0. The van der Waals surface area contributed by atoms with Crippen LogP contribution in [-0.4, -0.2) is 7.41 Å². The van der Waals surface area contributed by atoms with Gasteiger partial charge < -0.3 is 4.81 Å². The molecule has 1 aliphatic carbocycles. The van der Waals surface area contributed by atoms with Crippen LogP contribution in [0.4, 0.5) is 11.4 Å². The monoisotopic (exact) mass is 372 g/mol. The van der Waals surface area contributed by atoms with Crippen LogP contribution in [0, 0.1) is 0 Å². The van der Waals surface area contributed by atoms with Crippen molar-refractivity contribution in [1.29, 1.82) is 0 Å². The summed E-state index contributed by atoms with van der Waals surface area (Å²) in [4.78, 5) is 2.29. The Morgan fingerprint density at radius 3 is 1.97 bits per heavy atom. The molecule has 1 aliphatic rings. The summed E-state index contributed by atoms with van der Waals surface area (Å²) in [7, 11) is 2.21. The van der Waals surface area contributed by atoms with Gasteiger partial charge in [-0.25, -0.2) is 0 Å². The SMILES string of the molecule is CC1(C)c2ccccc2-c2ccc(N([B]c3ccccc3)c3ccccc3)cc21. The Morgan fingerprint density at radius 2 is 1.21 bits per heavy atom. The second kappa shape index (κ2) is 6.97. The largest absolute Gasteiger partial charge is 0.386 e. The fourth-order valence-electron chi connectivity index (χ4n) is 4.42. The van der Waals surface area contributed by atoms with Crippen molar-refractivity contribution in [1.82, 2.24) is 0 Å². The smallest absolute Gasteiger partial charge is 0.290 e. The summed E-state index contributed by atoms with van der Waals surface area (Å²) in [5.41, 5.74) is 9.02. The third kappa shape index (κ3) is 3.05. The molecule has 0 atom stereocenters. The van der Waals surface area contributed by atoms with Crippen molar-refractivity contribution in [2.24, 2.45) is 0 Å². The highest BCUT2D eigenvalue weighted by molar-refractivity contribution is 6.59. The number of anilines is 2. The number of fused-ring (bicyclic) bond motifs is 3. The average Bonchev–Trinajstić information content (AvgIpc) is 3.00. The number of nitrogens with zero attached hydrogens (tertiary/aromatic N) is 1. The molecule has 0 spiro atoms. The Kier molecular flexibility index (Phi) is 4.28. The van der Waals surface area contributed by atoms with Crippen LogP contribution in [0.1, 0.15) is 25.0 Å². The average molecular weight is 372 g/mol. The Balaban J connectivity index is 1.62. The first kappa shape index (κ1) is 17.8. The van der Waals surface area contributed by atoms with E-state index in [9.17, 15) is 0 Å². The number of rotatable bonds is 4. The first-order valence-corrected chi connectivity index (χ1v) is 10.1. The van der Waals surface area contributed by atoms with Crippen LogP contribution in [0.5, 0.6) is 0 Å². The molecule has 29 heavy (non-hydrogen) atoms. The Labute approximate surface area is 173 Å². The molecule has 1 nitrogen and oxygen atoms in total. The van der Waals surface area contributed by atoms with Crippen molar-refractivity contribution in [2.75, 3.05) is 4.81 Å². The number of hydrogen-bond donors (Lipinski definition) is 0. The van der Waals surface area contributed by atoms with Crippen molar-refractivity contribution in [3.63, 3.8) is 0 Å². The van der Waals surface area contributed by atoms with Gasteiger partial charge in [0.2, 0.25) is 0 Å². The van der Waals surface area contributed by atoms with E-state index in [1.807, 2.05) is 0 Å². The maximum absolute atomic E-state index is 2.36. The molecule has 5 rings (SSSR count). The Hall–Kier alpha value is -3.26. The summed E-state index contributed by atoms with van der Waals surface area (Å²) in [5, 5.41) is 0. The standard InChI is InChI=1S/C27H23BN/c1-27(2)25-16-10-9-15-23(25)24-18-17-22(19-26(24)27)29(21-13-7-4-8-14-21)28-20-11-5-3-6-12-20/h3-19H,1-2H3. The molecule has 0 saturated carbocycles. The first-order chi connectivity index (χ1) is 14.1. The van der Waals surface area contributed by atoms with E-state index in [4.69, 9.17) is 0 Å². The maximum Gasteiger partial charge on any atom is 0.290 e. The van der Waals surface area contributed by atoms with Crippen LogP contribution in [0.15, 0.2) is 103 Å². The Bertz CT molecular complexity index is 1150. The van der Waals surface area contributed by atoms with E-state index in [1.54, 1.807) is 0 Å². The van der Waals surface area contributed by atoms with Crippen LogP contribution < -0.4 is 10.3 Å². The third-order valence-electron chi connectivity index (χ3n) is 5.96. The molecule has 2 heteroatoms. The zero-order chi connectivity index (χ0) is 19.8. The van der Waals surface area contributed by atoms with Gasteiger partial charge in [-0.3, -0.25) is 0 Å². The van der Waals surface area contributed by atoms with Gasteiger partial charge in [0, 0.05) is 16.8 Å². The van der Waals surface area contributed by atoms with Gasteiger partial charge in [-0.15, -0.1) is 0 Å². The quantitative estimate of drug-likeness (QED) is 0.393. The maximum atomic E-state index is 2.36. The molecule has 0 unspecified atom stereocenters. The highest BCUT2D eigenvalue weighted by Gasteiger charge is 2.35. The van der Waals surface area contributed by atoms with E-state index in [0.717, 1.165) is 5.69 Å². The van der Waals surface area contributed by atoms with Gasteiger partial charge in [0.1, 0.15) is 0 Å². The van der Waals surface area contributed by atoms with E-state index in [-0.39, 0.29) is 5.41 Å². The van der Waals surface area contributed by atoms with Gasteiger partial charge in [-0.05, 0) is 46.5 Å². The zero-order valence-corrected chi connectivity index (χ0v) is 16.8. The van der Waals surface area contributed by atoms with Crippen molar-refractivity contribution >= 4 is 24.3 Å². The molecule has 1 radical (unpaired) electrons. The van der Waals surface area contributed by atoms with Crippen molar-refractivity contribution in [2.45, 2.75) is 19.3 Å². The molecule has 0 saturated heterocycles. The van der Waals surface area contributed by atoms with Crippen molar-refractivity contribution < 1.29 is 0 Å². The van der Waals surface area contributed by atoms with Crippen LogP contribution in [0.2, 0.25) is 0 Å². The van der Waals surface area contributed by atoms with Gasteiger partial charge in [-0.2, -0.15) is 0 Å². The van der Waals surface area contributed by atoms with Gasteiger partial charge in [0.15, 0.2) is 0 Å². The fraction of sp³-hybridized carbons (Fsp3) is 0.111. The minimum atomic E-state index is -0.00294. The van der Waals surface area contributed by atoms with E-state index < -0.39 is 0 Å². The molecule has 4 aromatic carbocycles. The first-order valence-electron chi connectivity index (χ1n) is 10.1. The molecule has 0 aliphatic heterocycles. The molecule has 0 fully saturated rings. The second-order valence-corrected chi connectivity index (χ2v) is 8.15. The zero-order valence-electron chi connectivity index (χ0n) is 16.8. The lowest BCUT2D eigenvalue weighted by Crippen LogP contribution is -2.32. The molecule has 0 heterocycles. The lowest BCUT2D eigenvalue weighted by atomic mass is 9.78. The minimum absolute atomic E-state index is 0.00294. The third-order valence-corrected chi connectivity index (χ3v) is 5.96. The highest BCUT2D eigenvalue weighted by Crippen LogP contribution is 2.49. The van der Waals surface area contributed by atoms with Gasteiger partial charge in [-0.1, -0.05) is 98.2 Å². The van der Waals surface area contributed by atoms with Gasteiger partial charge in [0.25, 0.3) is 7.41 Å². The Morgan fingerprint density at radius 1 is 0.586 bits per heavy atom. The molecular formula is C27H23BN. The van der Waals surface area contributed by atoms with Crippen LogP contribution in [0.3, 0.4) is 0 Å². The summed E-state index contributed by atoms with van der Waals surface area (Å²) in [6.07, 6.45) is 0. The summed E-state index contributed by atoms with van der Waals surface area (Å²) in [6, 6.07) is 36.7. The lowest BCUT2D eigenvalue weighted by molar-refractivity contribution is 0.660. The van der Waals surface area contributed by atoms with Crippen LogP contribution in [0.25, 0.3) is 11.1 Å². The topological polar surface area (TPSA) is 3.24 Å². The lowest BCUT2D eigenvalue weighted by Gasteiger charge is -2.27. The van der Waals surface area contributed by atoms with E-state index in [0.29, 0.717) is 0 Å². The minimum Gasteiger partial charge on any atom is -0.386 e. The molecule has 0 bridgehead atoms.